The molecular weight excluding hydrogens is 466 g/mol. The van der Waals surface area contributed by atoms with Crippen LogP contribution in [-0.2, 0) is 6.61 Å². The van der Waals surface area contributed by atoms with E-state index in [1.807, 2.05) is 13.0 Å². The standard InChI is InChI=1S/C27H22F2N4O3/c1-2-10-32-26(34)23-24(31)20-5-3-4-19(25(20)33-27(23)35)21-12-18(8-9-22(21)29)36-14-15-6-7-17(28)11-16(15)13-30/h3-9,11-12H,2,10,14H2,1H3,(H,32,34)(H3,31,33,35). The largest absolute Gasteiger partial charge is 0.489 e. The minimum Gasteiger partial charge on any atom is -0.489 e. The van der Waals surface area contributed by atoms with Crippen molar-refractivity contribution >= 4 is 22.5 Å². The number of hydrogen-bond donors (Lipinski definition) is 3. The van der Waals surface area contributed by atoms with Crippen molar-refractivity contribution < 1.29 is 18.3 Å². The first-order chi connectivity index (χ1) is 17.3. The van der Waals surface area contributed by atoms with E-state index >= 15 is 0 Å². The summed E-state index contributed by atoms with van der Waals surface area (Å²) < 4.78 is 34.1. The van der Waals surface area contributed by atoms with E-state index < -0.39 is 23.1 Å². The fraction of sp³-hybridized carbons (Fsp3) is 0.148. The quantitative estimate of drug-likeness (QED) is 0.350. The number of ether oxygens (including phenoxy) is 1. The maximum absolute atomic E-state index is 14.9. The van der Waals surface area contributed by atoms with Gasteiger partial charge in [-0.1, -0.05) is 31.2 Å². The predicted molar refractivity (Wildman–Crippen MR) is 132 cm³/mol. The number of halogens is 2. The van der Waals surface area contributed by atoms with Crippen molar-refractivity contribution in [3.63, 3.8) is 0 Å². The highest BCUT2D eigenvalue weighted by Crippen LogP contribution is 2.34. The van der Waals surface area contributed by atoms with Crippen LogP contribution in [0, 0.1) is 23.0 Å². The van der Waals surface area contributed by atoms with Crippen molar-refractivity contribution in [3.8, 4) is 22.9 Å². The average Bonchev–Trinajstić information content (AvgIpc) is 2.87. The molecule has 0 atom stereocenters. The van der Waals surface area contributed by atoms with Crippen molar-refractivity contribution in [3.05, 3.63) is 93.3 Å². The molecule has 0 aliphatic rings. The van der Waals surface area contributed by atoms with Gasteiger partial charge in [-0.3, -0.25) is 9.59 Å². The van der Waals surface area contributed by atoms with Crippen LogP contribution in [-0.4, -0.2) is 17.4 Å². The number of carbonyl (C=O) groups excluding carboxylic acids is 1. The molecule has 7 nitrogen and oxygen atoms in total. The second kappa shape index (κ2) is 10.3. The van der Waals surface area contributed by atoms with Crippen LogP contribution in [0.15, 0.2) is 59.4 Å². The summed E-state index contributed by atoms with van der Waals surface area (Å²) in [6.07, 6.45) is 0.692. The molecule has 0 radical (unpaired) electrons. The smallest absolute Gasteiger partial charge is 0.263 e. The molecule has 1 heterocycles. The fourth-order valence-electron chi connectivity index (χ4n) is 3.86. The lowest BCUT2D eigenvalue weighted by Gasteiger charge is -2.14. The molecule has 182 valence electrons. The van der Waals surface area contributed by atoms with Gasteiger partial charge in [0, 0.05) is 28.6 Å². The van der Waals surface area contributed by atoms with Crippen LogP contribution in [0.4, 0.5) is 14.5 Å². The van der Waals surface area contributed by atoms with Gasteiger partial charge in [0.15, 0.2) is 0 Å². The summed E-state index contributed by atoms with van der Waals surface area (Å²) in [6.45, 7) is 2.24. The third kappa shape index (κ3) is 4.74. The van der Waals surface area contributed by atoms with Gasteiger partial charge in [-0.25, -0.2) is 8.78 Å². The third-order valence-electron chi connectivity index (χ3n) is 5.67. The van der Waals surface area contributed by atoms with Gasteiger partial charge in [0.1, 0.15) is 29.6 Å². The van der Waals surface area contributed by atoms with Crippen molar-refractivity contribution in [2.45, 2.75) is 20.0 Å². The highest BCUT2D eigenvalue weighted by atomic mass is 19.1. The Bertz CT molecular complexity index is 1570. The summed E-state index contributed by atoms with van der Waals surface area (Å²) in [6, 6.07) is 14.7. The number of fused-ring (bicyclic) bond motifs is 1. The number of hydrogen-bond acceptors (Lipinski definition) is 5. The van der Waals surface area contributed by atoms with Crippen LogP contribution in [0.5, 0.6) is 5.75 Å². The molecule has 0 aliphatic heterocycles. The minimum atomic E-state index is -0.686. The van der Waals surface area contributed by atoms with Crippen LogP contribution in [0.25, 0.3) is 22.0 Å². The number of nitrogens with two attached hydrogens (primary N) is 1. The van der Waals surface area contributed by atoms with E-state index in [2.05, 4.69) is 10.3 Å². The number of carbonyl (C=O) groups is 1. The summed E-state index contributed by atoms with van der Waals surface area (Å²) in [7, 11) is 0. The monoisotopic (exact) mass is 488 g/mol. The Balaban J connectivity index is 1.73. The summed E-state index contributed by atoms with van der Waals surface area (Å²) >= 11 is 0. The molecule has 9 heteroatoms. The first-order valence-electron chi connectivity index (χ1n) is 11.2. The molecule has 0 unspecified atom stereocenters. The van der Waals surface area contributed by atoms with Gasteiger partial charge >= 0.3 is 0 Å². The maximum atomic E-state index is 14.9. The molecule has 4 N–H and O–H groups in total. The Kier molecular flexibility index (Phi) is 6.97. The summed E-state index contributed by atoms with van der Waals surface area (Å²) in [5, 5.41) is 12.3. The Morgan fingerprint density at radius 1 is 1.14 bits per heavy atom. The van der Waals surface area contributed by atoms with E-state index in [0.29, 0.717) is 35.2 Å². The van der Waals surface area contributed by atoms with Gasteiger partial charge in [0.2, 0.25) is 0 Å². The fourth-order valence-corrected chi connectivity index (χ4v) is 3.86. The molecule has 0 aliphatic carbocycles. The molecule has 0 fully saturated rings. The zero-order valence-electron chi connectivity index (χ0n) is 19.3. The first kappa shape index (κ1) is 24.4. The number of anilines is 1. The Labute approximate surface area is 205 Å². The van der Waals surface area contributed by atoms with E-state index in [4.69, 9.17) is 10.5 Å². The van der Waals surface area contributed by atoms with Crippen LogP contribution >= 0.6 is 0 Å². The minimum absolute atomic E-state index is 0.00245. The zero-order valence-corrected chi connectivity index (χ0v) is 19.3. The molecule has 4 aromatic rings. The molecule has 1 aromatic heterocycles. The predicted octanol–water partition coefficient (Wildman–Crippen LogP) is 4.65. The first-order valence-corrected chi connectivity index (χ1v) is 11.2. The second-order valence-electron chi connectivity index (χ2n) is 8.07. The number of para-hydroxylation sites is 1. The topological polar surface area (TPSA) is 121 Å². The number of benzene rings is 3. The number of nitrogens with one attached hydrogen (secondary N) is 2. The van der Waals surface area contributed by atoms with Crippen LogP contribution in [0.2, 0.25) is 0 Å². The normalized spacial score (nSPS) is 10.7. The third-order valence-corrected chi connectivity index (χ3v) is 5.67. The lowest BCUT2D eigenvalue weighted by Crippen LogP contribution is -2.31. The van der Waals surface area contributed by atoms with E-state index in [1.165, 1.54) is 30.3 Å². The number of aromatic nitrogens is 1. The average molecular weight is 488 g/mol. The van der Waals surface area contributed by atoms with Crippen LogP contribution in [0.1, 0.15) is 34.8 Å². The number of H-pyrrole nitrogens is 1. The van der Waals surface area contributed by atoms with E-state index in [-0.39, 0.29) is 34.5 Å². The molecule has 1 amide bonds. The molecule has 36 heavy (non-hydrogen) atoms. The summed E-state index contributed by atoms with van der Waals surface area (Å²) in [4.78, 5) is 27.9. The number of nitriles is 1. The Morgan fingerprint density at radius 3 is 2.69 bits per heavy atom. The number of aromatic amines is 1. The Morgan fingerprint density at radius 2 is 1.94 bits per heavy atom. The number of rotatable bonds is 7. The van der Waals surface area contributed by atoms with Crippen LogP contribution in [0.3, 0.4) is 0 Å². The number of amides is 1. The molecule has 0 saturated heterocycles. The highest BCUT2D eigenvalue weighted by Gasteiger charge is 2.20. The van der Waals surface area contributed by atoms with Gasteiger partial charge in [0.25, 0.3) is 11.5 Å². The maximum Gasteiger partial charge on any atom is 0.263 e. The van der Waals surface area contributed by atoms with Crippen LogP contribution < -0.4 is 21.3 Å². The summed E-state index contributed by atoms with van der Waals surface area (Å²) in [5.41, 5.74) is 6.68. The number of nitrogen functional groups attached to an aromatic ring is 1. The lowest BCUT2D eigenvalue weighted by molar-refractivity contribution is 0.0953. The molecule has 0 spiro atoms. The van der Waals surface area contributed by atoms with Gasteiger partial charge < -0.3 is 20.8 Å². The van der Waals surface area contributed by atoms with E-state index in [0.717, 1.165) is 6.07 Å². The molecule has 0 bridgehead atoms. The Hall–Kier alpha value is -4.71. The molecular formula is C27H22F2N4O3. The second-order valence-corrected chi connectivity index (χ2v) is 8.07. The number of nitrogens with zero attached hydrogens (tertiary/aromatic N) is 1. The highest BCUT2D eigenvalue weighted by molar-refractivity contribution is 6.09. The summed E-state index contributed by atoms with van der Waals surface area (Å²) in [5.74, 6) is -1.39. The van der Waals surface area contributed by atoms with Crippen molar-refractivity contribution in [1.29, 1.82) is 5.26 Å². The van der Waals surface area contributed by atoms with Crippen molar-refractivity contribution in [2.24, 2.45) is 0 Å². The van der Waals surface area contributed by atoms with Gasteiger partial charge in [0.05, 0.1) is 22.8 Å². The van der Waals surface area contributed by atoms with Gasteiger partial charge in [-0.2, -0.15) is 5.26 Å². The van der Waals surface area contributed by atoms with Crippen molar-refractivity contribution in [2.75, 3.05) is 12.3 Å². The van der Waals surface area contributed by atoms with Gasteiger partial charge in [-0.05, 0) is 36.8 Å². The molecule has 0 saturated carbocycles. The van der Waals surface area contributed by atoms with E-state index in [9.17, 15) is 23.6 Å². The SMILES string of the molecule is CCCNC(=O)c1c(N)c2cccc(-c3cc(OCc4ccc(F)cc4C#N)ccc3F)c2[nH]c1=O. The lowest BCUT2D eigenvalue weighted by atomic mass is 9.99. The van der Waals surface area contributed by atoms with Crippen molar-refractivity contribution in [1.82, 2.24) is 10.3 Å². The van der Waals surface area contributed by atoms with Gasteiger partial charge in [-0.15, -0.1) is 0 Å². The molecule has 4 rings (SSSR count). The molecule has 3 aromatic carbocycles. The van der Waals surface area contributed by atoms with E-state index in [1.54, 1.807) is 18.2 Å². The number of pyridine rings is 1. The zero-order chi connectivity index (χ0) is 25.8.